The summed E-state index contributed by atoms with van der Waals surface area (Å²) in [6, 6.07) is 1.39. The molecule has 17 heavy (non-hydrogen) atoms. The van der Waals surface area contributed by atoms with Gasteiger partial charge in [0.25, 0.3) is 0 Å². The zero-order chi connectivity index (χ0) is 12.8. The van der Waals surface area contributed by atoms with Gasteiger partial charge in [0.05, 0.1) is 12.2 Å². The number of hydrogen-bond donors (Lipinski definition) is 2. The highest BCUT2D eigenvalue weighted by Crippen LogP contribution is 1.96. The van der Waals surface area contributed by atoms with Crippen molar-refractivity contribution >= 4 is 12.0 Å². The zero-order valence-corrected chi connectivity index (χ0v) is 9.88. The molecular formula is C10H16N4O3. The molecule has 0 spiro atoms. The smallest absolute Gasteiger partial charge is 0.323 e. The summed E-state index contributed by atoms with van der Waals surface area (Å²) in [6.07, 6.45) is 1.64. The number of aromatic nitrogens is 2. The molecule has 0 radical (unpaired) electrons. The number of amides is 2. The van der Waals surface area contributed by atoms with Crippen LogP contribution in [-0.4, -0.2) is 44.9 Å². The van der Waals surface area contributed by atoms with Gasteiger partial charge in [0, 0.05) is 19.8 Å². The molecule has 7 heteroatoms. The van der Waals surface area contributed by atoms with Crippen molar-refractivity contribution in [2.45, 2.75) is 13.5 Å². The largest absolute Gasteiger partial charge is 0.480 e. The molecule has 1 heterocycles. The molecule has 0 bridgehead atoms. The van der Waals surface area contributed by atoms with E-state index in [9.17, 15) is 9.59 Å². The van der Waals surface area contributed by atoms with Crippen LogP contribution in [0.25, 0.3) is 0 Å². The molecule has 0 atom stereocenters. The predicted octanol–water partition coefficient (Wildman–Crippen LogP) is 0.0362. The van der Waals surface area contributed by atoms with Crippen LogP contribution in [0.1, 0.15) is 12.6 Å². The average molecular weight is 240 g/mol. The highest BCUT2D eigenvalue weighted by molar-refractivity contribution is 5.79. The molecule has 0 saturated heterocycles. The average Bonchev–Trinajstić information content (AvgIpc) is 2.68. The number of carboxylic acids is 1. The number of nitrogens with one attached hydrogen (secondary N) is 1. The molecule has 2 N–H and O–H groups in total. The van der Waals surface area contributed by atoms with Crippen LogP contribution < -0.4 is 5.32 Å². The summed E-state index contributed by atoms with van der Waals surface area (Å²) in [6.45, 7) is 2.11. The van der Waals surface area contributed by atoms with Crippen molar-refractivity contribution in [1.29, 1.82) is 0 Å². The minimum absolute atomic E-state index is 0.298. The summed E-state index contributed by atoms with van der Waals surface area (Å²) in [5.74, 6) is -1.03. The van der Waals surface area contributed by atoms with E-state index < -0.39 is 12.0 Å². The number of urea groups is 1. The van der Waals surface area contributed by atoms with E-state index >= 15 is 0 Å². The first-order valence-corrected chi connectivity index (χ1v) is 5.26. The van der Waals surface area contributed by atoms with E-state index in [0.717, 1.165) is 5.69 Å². The molecule has 0 aliphatic heterocycles. The number of hydrogen-bond acceptors (Lipinski definition) is 3. The summed E-state index contributed by atoms with van der Waals surface area (Å²) in [5, 5.41) is 15.2. The molecule has 0 saturated carbocycles. The summed E-state index contributed by atoms with van der Waals surface area (Å²) >= 11 is 0. The Balaban J connectivity index is 2.48. The topological polar surface area (TPSA) is 87.5 Å². The van der Waals surface area contributed by atoms with Crippen molar-refractivity contribution in [3.8, 4) is 0 Å². The number of nitrogens with zero attached hydrogens (tertiary/aromatic N) is 3. The Kier molecular flexibility index (Phi) is 4.50. The third kappa shape index (κ3) is 3.78. The Labute approximate surface area is 99.0 Å². The highest BCUT2D eigenvalue weighted by atomic mass is 16.4. The second-order valence-corrected chi connectivity index (χ2v) is 3.51. The van der Waals surface area contributed by atoms with E-state index in [0.29, 0.717) is 13.1 Å². The fourth-order valence-corrected chi connectivity index (χ4v) is 1.34. The second-order valence-electron chi connectivity index (χ2n) is 3.51. The lowest BCUT2D eigenvalue weighted by molar-refractivity contribution is -0.137. The van der Waals surface area contributed by atoms with Gasteiger partial charge < -0.3 is 15.3 Å². The van der Waals surface area contributed by atoms with E-state index in [1.807, 2.05) is 0 Å². The van der Waals surface area contributed by atoms with Gasteiger partial charge >= 0.3 is 12.0 Å². The van der Waals surface area contributed by atoms with Gasteiger partial charge in [-0.15, -0.1) is 0 Å². The zero-order valence-electron chi connectivity index (χ0n) is 9.88. The Bertz CT molecular complexity index is 402. The predicted molar refractivity (Wildman–Crippen MR) is 60.3 cm³/mol. The standard InChI is InChI=1S/C10H16N4O3/c1-3-14(7-9(15)16)10(17)11-6-8-4-5-12-13(8)2/h4-5H,3,6-7H2,1-2H3,(H,11,17)(H,15,16). The van der Waals surface area contributed by atoms with E-state index in [4.69, 9.17) is 5.11 Å². The summed E-state index contributed by atoms with van der Waals surface area (Å²) in [7, 11) is 1.77. The molecule has 1 aromatic heterocycles. The van der Waals surface area contributed by atoms with Gasteiger partial charge in [-0.05, 0) is 13.0 Å². The summed E-state index contributed by atoms with van der Waals surface area (Å²) in [5.41, 5.74) is 0.852. The Morgan fingerprint density at radius 2 is 2.29 bits per heavy atom. The van der Waals surface area contributed by atoms with Crippen molar-refractivity contribution in [3.63, 3.8) is 0 Å². The van der Waals surface area contributed by atoms with Crippen LogP contribution in [0, 0.1) is 0 Å². The number of aryl methyl sites for hydroxylation is 1. The fraction of sp³-hybridized carbons (Fsp3) is 0.500. The molecule has 1 rings (SSSR count). The van der Waals surface area contributed by atoms with E-state index in [-0.39, 0.29) is 6.54 Å². The second kappa shape index (κ2) is 5.88. The SMILES string of the molecule is CCN(CC(=O)O)C(=O)NCc1ccnn1C. The van der Waals surface area contributed by atoms with Crippen molar-refractivity contribution in [2.75, 3.05) is 13.1 Å². The van der Waals surface area contributed by atoms with Gasteiger partial charge in [0.1, 0.15) is 6.54 Å². The quantitative estimate of drug-likeness (QED) is 0.760. The molecule has 2 amide bonds. The van der Waals surface area contributed by atoms with E-state index in [2.05, 4.69) is 10.4 Å². The first-order valence-electron chi connectivity index (χ1n) is 5.26. The Morgan fingerprint density at radius 3 is 2.76 bits per heavy atom. The van der Waals surface area contributed by atoms with Crippen LogP contribution in [0.2, 0.25) is 0 Å². The molecule has 0 aromatic carbocycles. The maximum atomic E-state index is 11.6. The van der Waals surface area contributed by atoms with Gasteiger partial charge in [0.15, 0.2) is 0 Å². The first-order chi connectivity index (χ1) is 8.04. The van der Waals surface area contributed by atoms with Gasteiger partial charge in [-0.25, -0.2) is 4.79 Å². The maximum absolute atomic E-state index is 11.6. The van der Waals surface area contributed by atoms with E-state index in [1.165, 1.54) is 4.90 Å². The Hall–Kier alpha value is -2.05. The summed E-state index contributed by atoms with van der Waals surface area (Å²) in [4.78, 5) is 23.4. The molecule has 1 aromatic rings. The van der Waals surface area contributed by atoms with Gasteiger partial charge in [-0.3, -0.25) is 9.48 Å². The van der Waals surface area contributed by atoms with Gasteiger partial charge in [-0.1, -0.05) is 0 Å². The number of carbonyl (C=O) groups excluding carboxylic acids is 1. The van der Waals surface area contributed by atoms with Crippen molar-refractivity contribution in [2.24, 2.45) is 7.05 Å². The van der Waals surface area contributed by atoms with Crippen LogP contribution in [-0.2, 0) is 18.4 Å². The molecule has 0 aliphatic rings. The van der Waals surface area contributed by atoms with Gasteiger partial charge in [0.2, 0.25) is 0 Å². The lowest BCUT2D eigenvalue weighted by Crippen LogP contribution is -2.42. The van der Waals surface area contributed by atoms with Crippen LogP contribution >= 0.6 is 0 Å². The van der Waals surface area contributed by atoms with Crippen molar-refractivity contribution < 1.29 is 14.7 Å². The Morgan fingerprint density at radius 1 is 1.59 bits per heavy atom. The number of likely N-dealkylation sites (N-methyl/N-ethyl adjacent to an activating group) is 1. The fourth-order valence-electron chi connectivity index (χ4n) is 1.34. The summed E-state index contributed by atoms with van der Waals surface area (Å²) < 4.78 is 1.65. The molecule has 7 nitrogen and oxygen atoms in total. The van der Waals surface area contributed by atoms with Crippen LogP contribution in [0.3, 0.4) is 0 Å². The molecule has 0 fully saturated rings. The monoisotopic (exact) mass is 240 g/mol. The van der Waals surface area contributed by atoms with Crippen LogP contribution in [0.15, 0.2) is 12.3 Å². The van der Waals surface area contributed by atoms with Crippen molar-refractivity contribution in [3.05, 3.63) is 18.0 Å². The first kappa shape index (κ1) is 13.0. The normalized spacial score (nSPS) is 10.0. The number of rotatable bonds is 5. The van der Waals surface area contributed by atoms with Crippen molar-refractivity contribution in [1.82, 2.24) is 20.0 Å². The highest BCUT2D eigenvalue weighted by Gasteiger charge is 2.14. The number of carbonyl (C=O) groups is 2. The number of aliphatic carboxylic acids is 1. The molecular weight excluding hydrogens is 224 g/mol. The minimum atomic E-state index is -1.03. The van der Waals surface area contributed by atoms with Crippen LogP contribution in [0.4, 0.5) is 4.79 Å². The molecule has 0 aliphatic carbocycles. The van der Waals surface area contributed by atoms with Gasteiger partial charge in [-0.2, -0.15) is 5.10 Å². The maximum Gasteiger partial charge on any atom is 0.323 e. The minimum Gasteiger partial charge on any atom is -0.480 e. The third-order valence-corrected chi connectivity index (χ3v) is 2.34. The molecule has 0 unspecified atom stereocenters. The van der Waals surface area contributed by atoms with Crippen LogP contribution in [0.5, 0.6) is 0 Å². The van der Waals surface area contributed by atoms with E-state index in [1.54, 1.807) is 30.9 Å². The lowest BCUT2D eigenvalue weighted by Gasteiger charge is -2.19. The number of carboxylic acid groups (broad SMARTS) is 1. The lowest BCUT2D eigenvalue weighted by atomic mass is 10.4. The molecule has 94 valence electrons. The third-order valence-electron chi connectivity index (χ3n) is 2.34.